The molecule has 1 unspecified atom stereocenters. The summed E-state index contributed by atoms with van der Waals surface area (Å²) in [6.45, 7) is 3.03. The lowest BCUT2D eigenvalue weighted by molar-refractivity contribution is -0.143. The van der Waals surface area contributed by atoms with Crippen LogP contribution >= 0.6 is 0 Å². The van der Waals surface area contributed by atoms with Crippen molar-refractivity contribution in [3.63, 3.8) is 0 Å². The number of rotatable bonds is 6. The fourth-order valence-electron chi connectivity index (χ4n) is 1.86. The van der Waals surface area contributed by atoms with Crippen LogP contribution in [0.5, 0.6) is 0 Å². The highest BCUT2D eigenvalue weighted by molar-refractivity contribution is 6.04. The molecule has 0 radical (unpaired) electrons. The highest BCUT2D eigenvalue weighted by atomic mass is 16.4. The highest BCUT2D eigenvalue weighted by Gasteiger charge is 2.35. The number of carbonyl (C=O) groups excluding carboxylic acids is 3. The first kappa shape index (κ1) is 15.9. The van der Waals surface area contributed by atoms with Gasteiger partial charge in [-0.25, -0.2) is 4.79 Å². The second-order valence-corrected chi connectivity index (χ2v) is 5.11. The Kier molecular flexibility index (Phi) is 5.06. The van der Waals surface area contributed by atoms with Crippen LogP contribution in [-0.2, 0) is 14.4 Å². The van der Waals surface area contributed by atoms with Crippen LogP contribution in [0.15, 0.2) is 0 Å². The molecular formula is C12H19N3O5. The SMILES string of the molecule is CC(C)C(CNC(=O)CN1C(=O)CN(C)C1=O)C(=O)O. The van der Waals surface area contributed by atoms with Gasteiger partial charge in [-0.15, -0.1) is 0 Å². The number of urea groups is 1. The van der Waals surface area contributed by atoms with Crippen LogP contribution in [0.25, 0.3) is 0 Å². The van der Waals surface area contributed by atoms with Gasteiger partial charge < -0.3 is 15.3 Å². The quantitative estimate of drug-likeness (QED) is 0.631. The first-order valence-corrected chi connectivity index (χ1v) is 6.29. The molecule has 1 aliphatic rings. The number of carboxylic acids is 1. The maximum Gasteiger partial charge on any atom is 0.327 e. The van der Waals surface area contributed by atoms with Gasteiger partial charge in [0.2, 0.25) is 5.91 Å². The number of hydrogen-bond acceptors (Lipinski definition) is 4. The zero-order valence-electron chi connectivity index (χ0n) is 11.8. The molecule has 4 amide bonds. The highest BCUT2D eigenvalue weighted by Crippen LogP contribution is 2.10. The Morgan fingerprint density at radius 3 is 2.35 bits per heavy atom. The Hall–Kier alpha value is -2.12. The number of likely N-dealkylation sites (N-methyl/N-ethyl adjacent to an activating group) is 1. The first-order valence-electron chi connectivity index (χ1n) is 6.29. The molecule has 8 nitrogen and oxygen atoms in total. The topological polar surface area (TPSA) is 107 Å². The predicted molar refractivity (Wildman–Crippen MR) is 68.7 cm³/mol. The summed E-state index contributed by atoms with van der Waals surface area (Å²) < 4.78 is 0. The average Bonchev–Trinajstić information content (AvgIpc) is 2.55. The van der Waals surface area contributed by atoms with Crippen molar-refractivity contribution in [1.29, 1.82) is 0 Å². The third-order valence-electron chi connectivity index (χ3n) is 3.17. The van der Waals surface area contributed by atoms with E-state index in [0.29, 0.717) is 0 Å². The van der Waals surface area contributed by atoms with Crippen LogP contribution in [0.4, 0.5) is 4.79 Å². The number of hydrogen-bond donors (Lipinski definition) is 2. The molecule has 1 heterocycles. The lowest BCUT2D eigenvalue weighted by Gasteiger charge is -2.18. The number of nitrogens with zero attached hydrogens (tertiary/aromatic N) is 2. The zero-order valence-corrected chi connectivity index (χ0v) is 11.8. The molecule has 0 spiro atoms. The number of amides is 4. The zero-order chi connectivity index (χ0) is 15.4. The largest absolute Gasteiger partial charge is 0.481 e. The van der Waals surface area contributed by atoms with E-state index in [2.05, 4.69) is 5.32 Å². The van der Waals surface area contributed by atoms with Gasteiger partial charge in [0.05, 0.1) is 5.92 Å². The normalized spacial score (nSPS) is 16.8. The number of aliphatic carboxylic acids is 1. The van der Waals surface area contributed by atoms with Crippen LogP contribution in [0.1, 0.15) is 13.8 Å². The summed E-state index contributed by atoms with van der Waals surface area (Å²) in [7, 11) is 1.47. The average molecular weight is 285 g/mol. The van der Waals surface area contributed by atoms with Gasteiger partial charge >= 0.3 is 12.0 Å². The van der Waals surface area contributed by atoms with Crippen molar-refractivity contribution in [1.82, 2.24) is 15.1 Å². The molecular weight excluding hydrogens is 266 g/mol. The van der Waals surface area contributed by atoms with Gasteiger partial charge in [0, 0.05) is 13.6 Å². The molecule has 1 atom stereocenters. The molecule has 1 fully saturated rings. The first-order chi connectivity index (χ1) is 9.23. The van der Waals surface area contributed by atoms with Gasteiger partial charge in [-0.2, -0.15) is 0 Å². The molecule has 112 valence electrons. The molecule has 0 saturated carbocycles. The molecule has 2 N–H and O–H groups in total. The van der Waals surface area contributed by atoms with E-state index in [1.54, 1.807) is 13.8 Å². The minimum Gasteiger partial charge on any atom is -0.481 e. The second kappa shape index (κ2) is 6.36. The molecule has 20 heavy (non-hydrogen) atoms. The third kappa shape index (κ3) is 3.69. The Morgan fingerprint density at radius 1 is 1.35 bits per heavy atom. The summed E-state index contributed by atoms with van der Waals surface area (Å²) in [4.78, 5) is 47.7. The molecule has 1 saturated heterocycles. The van der Waals surface area contributed by atoms with Gasteiger partial charge in [0.1, 0.15) is 13.1 Å². The van der Waals surface area contributed by atoms with Gasteiger partial charge in [0.15, 0.2) is 0 Å². The second-order valence-electron chi connectivity index (χ2n) is 5.11. The lowest BCUT2D eigenvalue weighted by atomic mass is 9.96. The van der Waals surface area contributed by atoms with Crippen molar-refractivity contribution >= 4 is 23.8 Å². The lowest BCUT2D eigenvalue weighted by Crippen LogP contribution is -2.43. The Labute approximate surface area is 116 Å². The molecule has 0 bridgehead atoms. The van der Waals surface area contributed by atoms with Gasteiger partial charge in [0.25, 0.3) is 5.91 Å². The summed E-state index contributed by atoms with van der Waals surface area (Å²) in [5.41, 5.74) is 0. The molecule has 0 aromatic rings. The van der Waals surface area contributed by atoms with E-state index in [4.69, 9.17) is 5.11 Å². The van der Waals surface area contributed by atoms with E-state index in [-0.39, 0.29) is 25.6 Å². The van der Waals surface area contributed by atoms with E-state index in [0.717, 1.165) is 4.90 Å². The van der Waals surface area contributed by atoms with Crippen molar-refractivity contribution in [3.8, 4) is 0 Å². The number of carboxylic acid groups (broad SMARTS) is 1. The van der Waals surface area contributed by atoms with E-state index in [9.17, 15) is 19.2 Å². The number of nitrogens with one attached hydrogen (secondary N) is 1. The van der Waals surface area contributed by atoms with Crippen LogP contribution in [0, 0.1) is 11.8 Å². The van der Waals surface area contributed by atoms with Crippen molar-refractivity contribution in [2.24, 2.45) is 11.8 Å². The van der Waals surface area contributed by atoms with Crippen molar-refractivity contribution in [2.75, 3.05) is 26.7 Å². The molecule has 1 rings (SSSR count). The summed E-state index contributed by atoms with van der Waals surface area (Å²) in [5, 5.41) is 11.4. The van der Waals surface area contributed by atoms with Gasteiger partial charge in [-0.3, -0.25) is 19.3 Å². The maximum absolute atomic E-state index is 11.7. The van der Waals surface area contributed by atoms with Crippen LogP contribution in [-0.4, -0.2) is 65.4 Å². The van der Waals surface area contributed by atoms with E-state index in [1.807, 2.05) is 0 Å². The van der Waals surface area contributed by atoms with E-state index >= 15 is 0 Å². The molecule has 8 heteroatoms. The van der Waals surface area contributed by atoms with Gasteiger partial charge in [-0.05, 0) is 5.92 Å². The van der Waals surface area contributed by atoms with E-state index in [1.165, 1.54) is 11.9 Å². The smallest absolute Gasteiger partial charge is 0.327 e. The predicted octanol–water partition coefficient (Wildman–Crippen LogP) is -0.647. The maximum atomic E-state index is 11.7. The van der Waals surface area contributed by atoms with Crippen LogP contribution in [0.3, 0.4) is 0 Å². The summed E-state index contributed by atoms with van der Waals surface area (Å²) in [5.74, 6) is -2.81. The standard InChI is InChI=1S/C12H19N3O5/c1-7(2)8(11(18)19)4-13-9(16)5-15-10(17)6-14(3)12(15)20/h7-8H,4-6H2,1-3H3,(H,13,16)(H,18,19). The Balaban J connectivity index is 2.50. The summed E-state index contributed by atoms with van der Waals surface area (Å²) in [6.07, 6.45) is 0. The van der Waals surface area contributed by atoms with Crippen molar-refractivity contribution < 1.29 is 24.3 Å². The fraction of sp³-hybridized carbons (Fsp3) is 0.667. The molecule has 0 aliphatic carbocycles. The Bertz CT molecular complexity index is 435. The summed E-state index contributed by atoms with van der Waals surface area (Å²) >= 11 is 0. The minimum absolute atomic E-state index is 0.0299. The molecule has 0 aromatic carbocycles. The Morgan fingerprint density at radius 2 is 1.95 bits per heavy atom. The van der Waals surface area contributed by atoms with Crippen molar-refractivity contribution in [2.45, 2.75) is 13.8 Å². The number of carbonyl (C=O) groups is 4. The van der Waals surface area contributed by atoms with Crippen LogP contribution in [0.2, 0.25) is 0 Å². The van der Waals surface area contributed by atoms with Gasteiger partial charge in [-0.1, -0.05) is 13.8 Å². The monoisotopic (exact) mass is 285 g/mol. The third-order valence-corrected chi connectivity index (χ3v) is 3.17. The molecule has 0 aromatic heterocycles. The van der Waals surface area contributed by atoms with Crippen LogP contribution < -0.4 is 5.32 Å². The minimum atomic E-state index is -0.992. The van der Waals surface area contributed by atoms with E-state index < -0.39 is 29.7 Å². The number of imide groups is 1. The molecule has 1 aliphatic heterocycles. The fourth-order valence-corrected chi connectivity index (χ4v) is 1.86. The summed E-state index contributed by atoms with van der Waals surface area (Å²) in [6, 6.07) is -0.524. The van der Waals surface area contributed by atoms with Crippen molar-refractivity contribution in [3.05, 3.63) is 0 Å².